The summed E-state index contributed by atoms with van der Waals surface area (Å²) in [5, 5.41) is 7.47. The smallest absolute Gasteiger partial charge is 0.191 e. The highest BCUT2D eigenvalue weighted by atomic mass is 35.5. The number of nitrogens with one attached hydrogen (secondary N) is 2. The monoisotopic (exact) mass is 415 g/mol. The molecule has 0 aliphatic carbocycles. The lowest BCUT2D eigenvalue weighted by molar-refractivity contribution is -0.0390. The Hall–Kier alpha value is -2.08. The number of halogens is 1. The van der Waals surface area contributed by atoms with Crippen LogP contribution >= 0.6 is 11.6 Å². The molecule has 0 saturated carbocycles. The van der Waals surface area contributed by atoms with Crippen molar-refractivity contribution in [1.29, 1.82) is 0 Å². The molecular weight excluding hydrogens is 386 g/mol. The summed E-state index contributed by atoms with van der Waals surface area (Å²) < 4.78 is 11.3. The van der Waals surface area contributed by atoms with Crippen molar-refractivity contribution in [2.24, 2.45) is 4.99 Å². The van der Waals surface area contributed by atoms with Crippen molar-refractivity contribution in [3.05, 3.63) is 70.2 Å². The average Bonchev–Trinajstić information content (AvgIpc) is 2.76. The predicted molar refractivity (Wildman–Crippen MR) is 118 cm³/mol. The van der Waals surface area contributed by atoms with Gasteiger partial charge in [-0.3, -0.25) is 4.99 Å². The van der Waals surface area contributed by atoms with E-state index in [0.29, 0.717) is 12.7 Å². The minimum Gasteiger partial charge on any atom is -0.381 e. The third kappa shape index (κ3) is 7.69. The summed E-state index contributed by atoms with van der Waals surface area (Å²) in [6, 6.07) is 16.5. The van der Waals surface area contributed by atoms with Crippen LogP contribution < -0.4 is 10.6 Å². The Morgan fingerprint density at radius 1 is 1.07 bits per heavy atom. The first-order chi connectivity index (χ1) is 14.2. The lowest BCUT2D eigenvalue weighted by Crippen LogP contribution is -2.37. The van der Waals surface area contributed by atoms with E-state index in [-0.39, 0.29) is 0 Å². The summed E-state index contributed by atoms with van der Waals surface area (Å²) in [7, 11) is 1.78. The third-order valence-corrected chi connectivity index (χ3v) is 5.19. The first-order valence-electron chi connectivity index (χ1n) is 10.2. The van der Waals surface area contributed by atoms with Crippen molar-refractivity contribution in [1.82, 2.24) is 10.6 Å². The van der Waals surface area contributed by atoms with Crippen LogP contribution in [0.1, 0.15) is 29.5 Å². The Balaban J connectivity index is 1.37. The van der Waals surface area contributed by atoms with Crippen LogP contribution in [-0.4, -0.2) is 38.9 Å². The van der Waals surface area contributed by atoms with E-state index in [1.54, 1.807) is 7.05 Å². The van der Waals surface area contributed by atoms with E-state index in [0.717, 1.165) is 56.5 Å². The lowest BCUT2D eigenvalue weighted by Gasteiger charge is -2.22. The molecule has 0 radical (unpaired) electrons. The summed E-state index contributed by atoms with van der Waals surface area (Å²) >= 11 is 6.03. The molecule has 0 atom stereocenters. The van der Waals surface area contributed by atoms with Crippen LogP contribution in [0.2, 0.25) is 5.02 Å². The van der Waals surface area contributed by atoms with Crippen LogP contribution in [-0.2, 0) is 29.0 Å². The Morgan fingerprint density at radius 3 is 2.55 bits per heavy atom. The van der Waals surface area contributed by atoms with Gasteiger partial charge < -0.3 is 20.1 Å². The fourth-order valence-corrected chi connectivity index (χ4v) is 3.45. The zero-order valence-electron chi connectivity index (χ0n) is 17.0. The fourth-order valence-electron chi connectivity index (χ4n) is 3.23. The number of guanidine groups is 1. The van der Waals surface area contributed by atoms with Gasteiger partial charge in [-0.2, -0.15) is 0 Å². The van der Waals surface area contributed by atoms with Crippen LogP contribution in [0.5, 0.6) is 0 Å². The van der Waals surface area contributed by atoms with Crippen molar-refractivity contribution in [2.45, 2.75) is 38.5 Å². The van der Waals surface area contributed by atoms with Crippen molar-refractivity contribution >= 4 is 17.6 Å². The molecule has 1 fully saturated rings. The maximum absolute atomic E-state index is 6.03. The first kappa shape index (κ1) is 21.6. The second-order valence-electron chi connectivity index (χ2n) is 7.17. The van der Waals surface area contributed by atoms with Gasteiger partial charge in [0, 0.05) is 38.4 Å². The minimum absolute atomic E-state index is 0.325. The molecule has 1 aliphatic rings. The van der Waals surface area contributed by atoms with Crippen molar-refractivity contribution in [3.8, 4) is 0 Å². The number of hydrogen-bond acceptors (Lipinski definition) is 3. The molecule has 5 nitrogen and oxygen atoms in total. The Labute approximate surface area is 178 Å². The summed E-state index contributed by atoms with van der Waals surface area (Å²) in [6.45, 7) is 3.79. The lowest BCUT2D eigenvalue weighted by atomic mass is 10.1. The highest BCUT2D eigenvalue weighted by molar-refractivity contribution is 6.30. The molecule has 156 valence electrons. The molecule has 29 heavy (non-hydrogen) atoms. The molecule has 2 N–H and O–H groups in total. The second kappa shape index (κ2) is 11.8. The molecule has 0 aromatic heterocycles. The van der Waals surface area contributed by atoms with Gasteiger partial charge in [-0.25, -0.2) is 0 Å². The molecule has 0 amide bonds. The van der Waals surface area contributed by atoms with E-state index in [9.17, 15) is 0 Å². The van der Waals surface area contributed by atoms with Crippen molar-refractivity contribution in [3.63, 3.8) is 0 Å². The van der Waals surface area contributed by atoms with Crippen LogP contribution in [0, 0.1) is 0 Å². The molecule has 1 saturated heterocycles. The van der Waals surface area contributed by atoms with E-state index in [1.165, 1.54) is 16.7 Å². The van der Waals surface area contributed by atoms with Gasteiger partial charge in [0.2, 0.25) is 0 Å². The third-order valence-electron chi connectivity index (χ3n) is 4.96. The molecule has 0 unspecified atom stereocenters. The quantitative estimate of drug-likeness (QED) is 0.506. The highest BCUT2D eigenvalue weighted by Gasteiger charge is 2.13. The van der Waals surface area contributed by atoms with Gasteiger partial charge in [-0.15, -0.1) is 0 Å². The molecule has 1 heterocycles. The van der Waals surface area contributed by atoms with E-state index in [2.05, 4.69) is 46.0 Å². The Kier molecular flexibility index (Phi) is 8.81. The van der Waals surface area contributed by atoms with Gasteiger partial charge >= 0.3 is 0 Å². The molecule has 2 aromatic carbocycles. The van der Waals surface area contributed by atoms with Gasteiger partial charge in [0.25, 0.3) is 0 Å². The van der Waals surface area contributed by atoms with E-state index >= 15 is 0 Å². The zero-order chi connectivity index (χ0) is 20.3. The largest absolute Gasteiger partial charge is 0.381 e. The Morgan fingerprint density at radius 2 is 1.83 bits per heavy atom. The molecule has 2 aromatic rings. The Bertz CT molecular complexity index is 774. The fraction of sp³-hybridized carbons (Fsp3) is 0.435. The van der Waals surface area contributed by atoms with E-state index < -0.39 is 0 Å². The molecule has 0 bridgehead atoms. The van der Waals surface area contributed by atoms with Crippen molar-refractivity contribution in [2.75, 3.05) is 26.8 Å². The van der Waals surface area contributed by atoms with Gasteiger partial charge in [-0.1, -0.05) is 48.0 Å². The topological polar surface area (TPSA) is 54.9 Å². The number of hydrogen-bond donors (Lipinski definition) is 2. The van der Waals surface area contributed by atoms with Gasteiger partial charge in [0.15, 0.2) is 5.96 Å². The summed E-state index contributed by atoms with van der Waals surface area (Å²) in [4.78, 5) is 4.29. The summed E-state index contributed by atoms with van der Waals surface area (Å²) in [5.41, 5.74) is 3.61. The maximum Gasteiger partial charge on any atom is 0.191 e. The number of nitrogens with zero attached hydrogens (tertiary/aromatic N) is 1. The average molecular weight is 416 g/mol. The first-order valence-corrected chi connectivity index (χ1v) is 10.6. The molecule has 6 heteroatoms. The maximum atomic E-state index is 6.03. The van der Waals surface area contributed by atoms with Gasteiger partial charge in [-0.05, 0) is 48.1 Å². The molecular formula is C23H30ClN3O2. The van der Waals surface area contributed by atoms with Crippen LogP contribution in [0.25, 0.3) is 0 Å². The minimum atomic E-state index is 0.325. The molecule has 3 rings (SSSR count). The van der Waals surface area contributed by atoms with Crippen LogP contribution in [0.15, 0.2) is 53.5 Å². The summed E-state index contributed by atoms with van der Waals surface area (Å²) in [6.07, 6.45) is 3.20. The normalized spacial score (nSPS) is 15.3. The standard InChI is InChI=1S/C23H30ClN3O2/c1-25-23(26-12-9-18-3-2-4-21(24)15-18)27-16-19-5-7-20(8-6-19)17-29-22-10-13-28-14-11-22/h2-8,15,22H,9-14,16-17H2,1H3,(H2,25,26,27). The number of benzene rings is 2. The SMILES string of the molecule is CN=C(NCCc1cccc(Cl)c1)NCc1ccc(COC2CCOCC2)cc1. The molecule has 0 spiro atoms. The molecule has 1 aliphatic heterocycles. The van der Waals surface area contributed by atoms with Crippen LogP contribution in [0.4, 0.5) is 0 Å². The van der Waals surface area contributed by atoms with Crippen LogP contribution in [0.3, 0.4) is 0 Å². The van der Waals surface area contributed by atoms with E-state index in [1.807, 2.05) is 18.2 Å². The second-order valence-corrected chi connectivity index (χ2v) is 7.61. The zero-order valence-corrected chi connectivity index (χ0v) is 17.8. The van der Waals surface area contributed by atoms with Gasteiger partial charge in [0.05, 0.1) is 12.7 Å². The highest BCUT2D eigenvalue weighted by Crippen LogP contribution is 2.14. The van der Waals surface area contributed by atoms with Gasteiger partial charge in [0.1, 0.15) is 0 Å². The predicted octanol–water partition coefficient (Wildman–Crippen LogP) is 3.94. The van der Waals surface area contributed by atoms with E-state index in [4.69, 9.17) is 21.1 Å². The number of aliphatic imine (C=N–C) groups is 1. The number of rotatable bonds is 8. The van der Waals surface area contributed by atoms with Crippen molar-refractivity contribution < 1.29 is 9.47 Å². The summed E-state index contributed by atoms with van der Waals surface area (Å²) in [5.74, 6) is 0.791. The number of ether oxygens (including phenoxy) is 2.